The Morgan fingerprint density at radius 1 is 1.12 bits per heavy atom. The molecule has 0 spiro atoms. The van der Waals surface area contributed by atoms with Gasteiger partial charge in [0.15, 0.2) is 0 Å². The molecule has 11 heteroatoms. The van der Waals surface area contributed by atoms with E-state index in [2.05, 4.69) is 4.98 Å². The van der Waals surface area contributed by atoms with Crippen molar-refractivity contribution in [2.45, 2.75) is 27.7 Å². The number of benzene rings is 2. The summed E-state index contributed by atoms with van der Waals surface area (Å²) in [7, 11) is 0. The van der Waals surface area contributed by atoms with Crippen LogP contribution < -0.4 is 14.8 Å². The number of ether oxygens (including phenoxy) is 1. The molecule has 0 aliphatic rings. The average molecular weight is 557 g/mol. The molecular formula is C29H24N4O6S. The van der Waals surface area contributed by atoms with Gasteiger partial charge in [0.2, 0.25) is 5.78 Å². The Bertz CT molecular complexity index is 1870. The second-order valence-electron chi connectivity index (χ2n) is 8.90. The van der Waals surface area contributed by atoms with Crippen molar-refractivity contribution in [3.63, 3.8) is 0 Å². The van der Waals surface area contributed by atoms with E-state index in [0.29, 0.717) is 22.5 Å². The van der Waals surface area contributed by atoms with Gasteiger partial charge in [-0.1, -0.05) is 17.7 Å². The van der Waals surface area contributed by atoms with Crippen LogP contribution in [0.4, 0.5) is 5.69 Å². The molecule has 4 aromatic rings. The van der Waals surface area contributed by atoms with Crippen LogP contribution in [0, 0.1) is 42.2 Å². The normalized spacial score (nSPS) is 12.1. The van der Waals surface area contributed by atoms with Crippen molar-refractivity contribution in [1.82, 2.24) is 9.55 Å². The molecule has 0 bridgehead atoms. The van der Waals surface area contributed by atoms with Crippen LogP contribution in [0.3, 0.4) is 0 Å². The Hall–Kier alpha value is -5.08. The molecule has 0 aliphatic carbocycles. The molecule has 2 heterocycles. The van der Waals surface area contributed by atoms with Crippen molar-refractivity contribution in [2.75, 3.05) is 6.61 Å². The molecule has 0 aliphatic heterocycles. The van der Waals surface area contributed by atoms with Crippen LogP contribution in [0.25, 0.3) is 17.3 Å². The van der Waals surface area contributed by atoms with E-state index in [1.165, 1.54) is 28.8 Å². The maximum atomic E-state index is 13.7. The lowest BCUT2D eigenvalue weighted by molar-refractivity contribution is -0.384. The number of Topliss-reactive ketones (excluding diaryl/α,β-unsaturated/α-hetero) is 1. The predicted octanol–water partition coefficient (Wildman–Crippen LogP) is 3.62. The van der Waals surface area contributed by atoms with Gasteiger partial charge < -0.3 is 9.72 Å². The van der Waals surface area contributed by atoms with Crippen LogP contribution in [0.2, 0.25) is 0 Å². The van der Waals surface area contributed by atoms with Crippen LogP contribution in [0.5, 0.6) is 0 Å². The zero-order valence-corrected chi connectivity index (χ0v) is 22.9. The predicted molar refractivity (Wildman–Crippen MR) is 150 cm³/mol. The maximum Gasteiger partial charge on any atom is 0.340 e. The summed E-state index contributed by atoms with van der Waals surface area (Å²) in [5.41, 5.74) is 2.13. The standard InChI is InChI=1S/C29H24N4O6S/c1-5-39-29(36)24-17(3)25(31-18(24)4)26(34)22(15-30)28-32(20-10-6-16(2)7-11-20)27(35)23(40-28)14-19-8-12-21(13-9-19)33(37)38/h6-14,31H,5H2,1-4H3/b23-14-,28-22-. The molecule has 0 amide bonds. The number of nitrogens with zero attached hydrogens (tertiary/aromatic N) is 3. The van der Waals surface area contributed by atoms with E-state index in [1.54, 1.807) is 51.1 Å². The molecule has 4 rings (SSSR count). The van der Waals surface area contributed by atoms with E-state index in [9.17, 15) is 29.8 Å². The van der Waals surface area contributed by atoms with Gasteiger partial charge in [0.1, 0.15) is 16.3 Å². The minimum absolute atomic E-state index is 0.0503. The molecular weight excluding hydrogens is 532 g/mol. The number of aryl methyl sites for hydroxylation is 2. The molecule has 2 aromatic heterocycles. The number of nitro benzene ring substituents is 1. The summed E-state index contributed by atoms with van der Waals surface area (Å²) in [4.78, 5) is 53.3. The number of hydrogen-bond acceptors (Lipinski definition) is 8. The molecule has 40 heavy (non-hydrogen) atoms. The zero-order valence-electron chi connectivity index (χ0n) is 22.1. The first-order valence-corrected chi connectivity index (χ1v) is 13.0. The zero-order chi connectivity index (χ0) is 29.1. The summed E-state index contributed by atoms with van der Waals surface area (Å²) in [6.07, 6.45) is 1.55. The Kier molecular flexibility index (Phi) is 7.93. The van der Waals surface area contributed by atoms with Gasteiger partial charge >= 0.3 is 5.97 Å². The topological polar surface area (TPSA) is 148 Å². The van der Waals surface area contributed by atoms with Crippen LogP contribution in [-0.4, -0.2) is 32.8 Å². The molecule has 0 atom stereocenters. The summed E-state index contributed by atoms with van der Waals surface area (Å²) in [6, 6.07) is 14.7. The molecule has 0 radical (unpaired) electrons. The second kappa shape index (κ2) is 11.3. The summed E-state index contributed by atoms with van der Waals surface area (Å²) in [6.45, 7) is 6.95. The van der Waals surface area contributed by atoms with E-state index < -0.39 is 22.2 Å². The molecule has 0 fully saturated rings. The Morgan fingerprint density at radius 2 is 1.77 bits per heavy atom. The molecule has 0 saturated heterocycles. The third-order valence-corrected chi connectivity index (χ3v) is 7.31. The Labute approximate surface area is 232 Å². The highest BCUT2D eigenvalue weighted by molar-refractivity contribution is 7.07. The fourth-order valence-corrected chi connectivity index (χ4v) is 5.33. The smallest absolute Gasteiger partial charge is 0.340 e. The molecule has 202 valence electrons. The number of aromatic amines is 1. The maximum absolute atomic E-state index is 13.7. The molecule has 1 N–H and O–H groups in total. The minimum Gasteiger partial charge on any atom is -0.462 e. The molecule has 0 unspecified atom stereocenters. The van der Waals surface area contributed by atoms with Gasteiger partial charge in [-0.25, -0.2) is 4.79 Å². The number of ketones is 1. The van der Waals surface area contributed by atoms with Crippen LogP contribution in [0.1, 0.15) is 50.2 Å². The lowest BCUT2D eigenvalue weighted by Gasteiger charge is -2.05. The summed E-state index contributed by atoms with van der Waals surface area (Å²) >= 11 is 0.953. The average Bonchev–Trinajstić information content (AvgIpc) is 3.40. The third kappa shape index (κ3) is 5.25. The van der Waals surface area contributed by atoms with E-state index in [4.69, 9.17) is 4.74 Å². The van der Waals surface area contributed by atoms with Gasteiger partial charge in [0, 0.05) is 17.8 Å². The summed E-state index contributed by atoms with van der Waals surface area (Å²) in [5.74, 6) is -1.26. The summed E-state index contributed by atoms with van der Waals surface area (Å²) < 4.78 is 6.74. The highest BCUT2D eigenvalue weighted by Crippen LogP contribution is 2.22. The lowest BCUT2D eigenvalue weighted by Crippen LogP contribution is -2.31. The van der Waals surface area contributed by atoms with E-state index >= 15 is 0 Å². The van der Waals surface area contributed by atoms with Crippen molar-refractivity contribution < 1.29 is 19.2 Å². The van der Waals surface area contributed by atoms with Crippen LogP contribution in [0.15, 0.2) is 53.3 Å². The van der Waals surface area contributed by atoms with E-state index in [-0.39, 0.29) is 38.3 Å². The number of nitriles is 1. The van der Waals surface area contributed by atoms with Gasteiger partial charge in [-0.3, -0.25) is 24.3 Å². The van der Waals surface area contributed by atoms with Gasteiger partial charge in [0.05, 0.1) is 33.0 Å². The first kappa shape index (κ1) is 27.9. The van der Waals surface area contributed by atoms with Crippen LogP contribution >= 0.6 is 11.3 Å². The molecule has 10 nitrogen and oxygen atoms in total. The number of nitrogens with one attached hydrogen (secondary N) is 1. The number of non-ortho nitro benzene ring substituents is 1. The van der Waals surface area contributed by atoms with E-state index in [1.807, 2.05) is 13.0 Å². The second-order valence-corrected chi connectivity index (χ2v) is 9.93. The monoisotopic (exact) mass is 556 g/mol. The molecule has 2 aromatic carbocycles. The number of thiazole rings is 1. The first-order valence-electron chi connectivity index (χ1n) is 12.2. The number of carbonyl (C=O) groups is 2. The number of aromatic nitrogens is 2. The SMILES string of the molecule is CCOC(=O)c1c(C)[nH]c(C(=O)/C(C#N)=c2\s/c(=C\c3ccc([N+](=O)[O-])cc3)c(=O)n2-c2ccc(C)cc2)c1C. The Balaban J connectivity index is 1.99. The lowest BCUT2D eigenvalue weighted by atomic mass is 10.0. The van der Waals surface area contributed by atoms with Crippen molar-refractivity contribution in [1.29, 1.82) is 5.26 Å². The fourth-order valence-electron chi connectivity index (χ4n) is 4.23. The number of H-pyrrole nitrogens is 1. The van der Waals surface area contributed by atoms with Gasteiger partial charge in [0.25, 0.3) is 11.2 Å². The van der Waals surface area contributed by atoms with Crippen molar-refractivity contribution in [3.8, 4) is 11.8 Å². The highest BCUT2D eigenvalue weighted by Gasteiger charge is 2.26. The van der Waals surface area contributed by atoms with Crippen molar-refractivity contribution in [3.05, 3.63) is 112 Å². The van der Waals surface area contributed by atoms with Gasteiger partial charge in [-0.05, 0) is 69.2 Å². The first-order chi connectivity index (χ1) is 19.1. The van der Waals surface area contributed by atoms with E-state index in [0.717, 1.165) is 16.9 Å². The number of rotatable bonds is 7. The highest BCUT2D eigenvalue weighted by atomic mass is 32.1. The summed E-state index contributed by atoms with van der Waals surface area (Å²) in [5, 5.41) is 21.2. The van der Waals surface area contributed by atoms with Crippen molar-refractivity contribution in [2.24, 2.45) is 0 Å². The van der Waals surface area contributed by atoms with Crippen molar-refractivity contribution >= 4 is 40.4 Å². The number of hydrogen-bond donors (Lipinski definition) is 1. The quantitative estimate of drug-likeness (QED) is 0.158. The van der Waals surface area contributed by atoms with Gasteiger partial charge in [-0.15, -0.1) is 11.3 Å². The minimum atomic E-state index is -0.678. The Morgan fingerprint density at radius 3 is 2.35 bits per heavy atom. The largest absolute Gasteiger partial charge is 0.462 e. The third-order valence-electron chi connectivity index (χ3n) is 6.21. The number of nitro groups is 1. The number of carbonyl (C=O) groups excluding carboxylic acids is 2. The fraction of sp³-hybridized carbons (Fsp3) is 0.172. The molecule has 0 saturated carbocycles. The van der Waals surface area contributed by atoms with Gasteiger partial charge in [-0.2, -0.15) is 5.26 Å². The number of esters is 1. The van der Waals surface area contributed by atoms with Crippen LogP contribution in [-0.2, 0) is 4.74 Å².